The summed E-state index contributed by atoms with van der Waals surface area (Å²) in [6.07, 6.45) is 0.0750. The summed E-state index contributed by atoms with van der Waals surface area (Å²) in [5.41, 5.74) is 3.57. The lowest BCUT2D eigenvalue weighted by molar-refractivity contribution is -0.123. The van der Waals surface area contributed by atoms with Gasteiger partial charge in [0.05, 0.1) is 13.5 Å². The minimum Gasteiger partial charge on any atom is -0.497 e. The minimum absolute atomic E-state index is 0.0750. The topological polar surface area (TPSA) is 89.0 Å². The van der Waals surface area contributed by atoms with Crippen LogP contribution >= 0.6 is 22.6 Å². The Morgan fingerprint density at radius 1 is 1.00 bits per heavy atom. The Hall–Kier alpha value is -2.62. The predicted molar refractivity (Wildman–Crippen MR) is 112 cm³/mol. The van der Waals surface area contributed by atoms with Gasteiger partial charge in [-0.25, -0.2) is 5.43 Å². The minimum atomic E-state index is -0.414. The number of rotatable bonds is 8. The number of methoxy groups -OCH3 is 1. The number of nitrogens with zero attached hydrogens (tertiary/aromatic N) is 1. The Bertz CT molecular complexity index is 805. The quantitative estimate of drug-likeness (QED) is 0.345. The van der Waals surface area contributed by atoms with Crippen LogP contribution < -0.4 is 20.2 Å². The molecular weight excluding hydrogens is 461 g/mol. The van der Waals surface area contributed by atoms with E-state index in [4.69, 9.17) is 9.47 Å². The third-order valence-electron chi connectivity index (χ3n) is 3.35. The van der Waals surface area contributed by atoms with Gasteiger partial charge in [-0.15, -0.1) is 0 Å². The number of carbonyl (C=O) groups is 2. The highest BCUT2D eigenvalue weighted by Gasteiger charge is 2.06. The predicted octanol–water partition coefficient (Wildman–Crippen LogP) is 3.20. The first-order valence-electron chi connectivity index (χ1n) is 8.10. The Labute approximate surface area is 171 Å². The molecule has 0 radical (unpaired) electrons. The summed E-state index contributed by atoms with van der Waals surface area (Å²) in [5.74, 6) is 0.628. The average molecular weight is 481 g/mol. The summed E-state index contributed by atoms with van der Waals surface area (Å²) in [4.78, 5) is 23.8. The zero-order chi connectivity index (χ0) is 19.6. The molecule has 7 nitrogen and oxygen atoms in total. The molecular formula is C19H20IN3O4. The average Bonchev–Trinajstić information content (AvgIpc) is 2.67. The molecule has 0 saturated heterocycles. The third-order valence-corrected chi connectivity index (χ3v) is 4.06. The van der Waals surface area contributed by atoms with E-state index in [1.165, 1.54) is 0 Å². The van der Waals surface area contributed by atoms with Gasteiger partial charge in [-0.2, -0.15) is 5.10 Å². The molecule has 0 spiro atoms. The van der Waals surface area contributed by atoms with E-state index in [0.717, 1.165) is 3.57 Å². The van der Waals surface area contributed by atoms with Crippen molar-refractivity contribution >= 4 is 45.8 Å². The third kappa shape index (κ3) is 7.65. The fourth-order valence-electron chi connectivity index (χ4n) is 2.02. The van der Waals surface area contributed by atoms with Gasteiger partial charge in [0.25, 0.3) is 5.91 Å². The molecule has 142 valence electrons. The van der Waals surface area contributed by atoms with Crippen LogP contribution in [-0.4, -0.2) is 31.2 Å². The van der Waals surface area contributed by atoms with Crippen molar-refractivity contribution in [2.24, 2.45) is 5.10 Å². The maximum absolute atomic E-state index is 12.0. The van der Waals surface area contributed by atoms with E-state index in [2.05, 4.69) is 38.4 Å². The first-order valence-corrected chi connectivity index (χ1v) is 9.18. The van der Waals surface area contributed by atoms with Crippen molar-refractivity contribution in [3.63, 3.8) is 0 Å². The van der Waals surface area contributed by atoms with Crippen LogP contribution in [0.15, 0.2) is 53.6 Å². The monoisotopic (exact) mass is 481 g/mol. The van der Waals surface area contributed by atoms with Gasteiger partial charge < -0.3 is 14.8 Å². The van der Waals surface area contributed by atoms with Crippen LogP contribution in [0.2, 0.25) is 0 Å². The van der Waals surface area contributed by atoms with Crippen molar-refractivity contribution < 1.29 is 19.1 Å². The lowest BCUT2D eigenvalue weighted by Gasteiger charge is -2.07. The SMILES string of the molecule is COc1ccc(OCC(=O)N/N=C(/C)CC(=O)Nc2ccc(I)cc2)cc1. The second kappa shape index (κ2) is 10.5. The van der Waals surface area contributed by atoms with Crippen molar-refractivity contribution in [3.05, 3.63) is 52.1 Å². The zero-order valence-electron chi connectivity index (χ0n) is 15.0. The summed E-state index contributed by atoms with van der Waals surface area (Å²) in [6.45, 7) is 1.48. The van der Waals surface area contributed by atoms with Crippen LogP contribution in [0, 0.1) is 3.57 Å². The molecule has 0 aliphatic rings. The van der Waals surface area contributed by atoms with Crippen molar-refractivity contribution in [1.29, 1.82) is 0 Å². The maximum atomic E-state index is 12.0. The number of hydrazone groups is 1. The Kier molecular flexibility index (Phi) is 8.05. The number of ether oxygens (including phenoxy) is 2. The summed E-state index contributed by atoms with van der Waals surface area (Å²) in [5, 5.41) is 6.69. The van der Waals surface area contributed by atoms with E-state index in [0.29, 0.717) is 22.9 Å². The second-order valence-corrected chi connectivity index (χ2v) is 6.82. The molecule has 0 atom stereocenters. The molecule has 0 heterocycles. The Morgan fingerprint density at radius 3 is 2.26 bits per heavy atom. The first-order chi connectivity index (χ1) is 13.0. The normalized spacial score (nSPS) is 10.9. The number of hydrogen-bond donors (Lipinski definition) is 2. The van der Waals surface area contributed by atoms with E-state index in [1.54, 1.807) is 38.3 Å². The van der Waals surface area contributed by atoms with Gasteiger partial charge in [0.1, 0.15) is 11.5 Å². The second-order valence-electron chi connectivity index (χ2n) is 5.58. The van der Waals surface area contributed by atoms with Gasteiger partial charge in [0, 0.05) is 15.0 Å². The van der Waals surface area contributed by atoms with Crippen molar-refractivity contribution in [3.8, 4) is 11.5 Å². The van der Waals surface area contributed by atoms with Crippen molar-refractivity contribution in [2.45, 2.75) is 13.3 Å². The highest BCUT2D eigenvalue weighted by atomic mass is 127. The highest BCUT2D eigenvalue weighted by Crippen LogP contribution is 2.16. The van der Waals surface area contributed by atoms with Gasteiger partial charge >= 0.3 is 0 Å². The van der Waals surface area contributed by atoms with Gasteiger partial charge in [-0.1, -0.05) is 0 Å². The number of hydrogen-bond acceptors (Lipinski definition) is 5. The number of amides is 2. The van der Waals surface area contributed by atoms with E-state index in [-0.39, 0.29) is 18.9 Å². The van der Waals surface area contributed by atoms with Crippen molar-refractivity contribution in [1.82, 2.24) is 5.43 Å². The van der Waals surface area contributed by atoms with Crippen molar-refractivity contribution in [2.75, 3.05) is 19.0 Å². The molecule has 0 unspecified atom stereocenters. The standard InChI is InChI=1S/C19H20IN3O4/c1-13(11-18(24)21-15-5-3-14(20)4-6-15)22-23-19(25)12-27-17-9-7-16(26-2)8-10-17/h3-10H,11-12H2,1-2H3,(H,21,24)(H,23,25)/b22-13-. The fourth-order valence-corrected chi connectivity index (χ4v) is 2.38. The lowest BCUT2D eigenvalue weighted by Crippen LogP contribution is -2.26. The molecule has 2 rings (SSSR count). The molecule has 2 N–H and O–H groups in total. The van der Waals surface area contributed by atoms with E-state index >= 15 is 0 Å². The van der Waals surface area contributed by atoms with Crippen LogP contribution in [-0.2, 0) is 9.59 Å². The molecule has 0 bridgehead atoms. The summed E-state index contributed by atoms with van der Waals surface area (Å²) in [7, 11) is 1.57. The van der Waals surface area contributed by atoms with Crippen LogP contribution in [0.1, 0.15) is 13.3 Å². The molecule has 2 amide bonds. The molecule has 0 aliphatic heterocycles. The van der Waals surface area contributed by atoms with Gasteiger partial charge in [-0.05, 0) is 78.0 Å². The molecule has 8 heteroatoms. The molecule has 0 saturated carbocycles. The molecule has 0 fully saturated rings. The van der Waals surface area contributed by atoms with E-state index < -0.39 is 5.91 Å². The summed E-state index contributed by atoms with van der Waals surface area (Å²) < 4.78 is 11.5. The Balaban J connectivity index is 1.73. The molecule has 2 aromatic rings. The van der Waals surface area contributed by atoms with Gasteiger partial charge in [0.2, 0.25) is 5.91 Å². The first kappa shape index (κ1) is 20.7. The largest absolute Gasteiger partial charge is 0.497 e. The summed E-state index contributed by atoms with van der Waals surface area (Å²) >= 11 is 2.19. The van der Waals surface area contributed by atoms with Crippen LogP contribution in [0.3, 0.4) is 0 Å². The number of halogens is 1. The lowest BCUT2D eigenvalue weighted by atomic mass is 10.2. The fraction of sp³-hybridized carbons (Fsp3) is 0.211. The van der Waals surface area contributed by atoms with Crippen LogP contribution in [0.4, 0.5) is 5.69 Å². The van der Waals surface area contributed by atoms with Gasteiger partial charge in [0.15, 0.2) is 6.61 Å². The van der Waals surface area contributed by atoms with E-state index in [1.807, 2.05) is 24.3 Å². The maximum Gasteiger partial charge on any atom is 0.277 e. The van der Waals surface area contributed by atoms with E-state index in [9.17, 15) is 9.59 Å². The number of carbonyl (C=O) groups excluding carboxylic acids is 2. The number of nitrogens with one attached hydrogen (secondary N) is 2. The molecule has 0 aliphatic carbocycles. The zero-order valence-corrected chi connectivity index (χ0v) is 17.1. The molecule has 0 aromatic heterocycles. The van der Waals surface area contributed by atoms with Crippen LogP contribution in [0.25, 0.3) is 0 Å². The van der Waals surface area contributed by atoms with Crippen LogP contribution in [0.5, 0.6) is 11.5 Å². The summed E-state index contributed by atoms with van der Waals surface area (Å²) in [6, 6.07) is 14.3. The number of benzene rings is 2. The Morgan fingerprint density at radius 2 is 1.63 bits per heavy atom. The highest BCUT2D eigenvalue weighted by molar-refractivity contribution is 14.1. The number of anilines is 1. The molecule has 27 heavy (non-hydrogen) atoms. The van der Waals surface area contributed by atoms with Gasteiger partial charge in [-0.3, -0.25) is 9.59 Å². The smallest absolute Gasteiger partial charge is 0.277 e. The molecule has 2 aromatic carbocycles.